The first kappa shape index (κ1) is 13.2. The van der Waals surface area contributed by atoms with Crippen LogP contribution in [-0.2, 0) is 16.0 Å². The molecule has 0 aromatic heterocycles. The number of hydrogen-bond donors (Lipinski definition) is 1. The standard InChI is InChI=1S/C10H11ClN2O4/c1-2-17-10(14)4-6-3-8(12)7(11)5-9(6)13(15)16/h3,5H,2,4,12H2,1H3. The minimum Gasteiger partial charge on any atom is -0.466 e. The molecule has 6 nitrogen and oxygen atoms in total. The molecule has 0 aliphatic heterocycles. The van der Waals surface area contributed by atoms with E-state index in [-0.39, 0.29) is 35.0 Å². The molecule has 1 rings (SSSR count). The number of nitro benzene ring substituents is 1. The Morgan fingerprint density at radius 2 is 2.24 bits per heavy atom. The van der Waals surface area contributed by atoms with Gasteiger partial charge in [-0.05, 0) is 13.0 Å². The summed E-state index contributed by atoms with van der Waals surface area (Å²) in [6.45, 7) is 1.87. The molecule has 0 aliphatic rings. The van der Waals surface area contributed by atoms with Gasteiger partial charge in [0.1, 0.15) is 0 Å². The lowest BCUT2D eigenvalue weighted by atomic mass is 10.1. The van der Waals surface area contributed by atoms with Crippen molar-refractivity contribution in [2.45, 2.75) is 13.3 Å². The fourth-order valence-corrected chi connectivity index (χ4v) is 1.46. The van der Waals surface area contributed by atoms with Gasteiger partial charge in [-0.3, -0.25) is 14.9 Å². The fourth-order valence-electron chi connectivity index (χ4n) is 1.31. The third-order valence-electron chi connectivity index (χ3n) is 2.03. The maximum atomic E-state index is 11.3. The first-order chi connectivity index (χ1) is 7.95. The second-order valence-electron chi connectivity index (χ2n) is 3.24. The number of ether oxygens (including phenoxy) is 1. The van der Waals surface area contributed by atoms with Gasteiger partial charge in [0, 0.05) is 11.6 Å². The average molecular weight is 259 g/mol. The van der Waals surface area contributed by atoms with Crippen molar-refractivity contribution in [3.05, 3.63) is 32.8 Å². The van der Waals surface area contributed by atoms with Crippen molar-refractivity contribution < 1.29 is 14.5 Å². The van der Waals surface area contributed by atoms with E-state index in [9.17, 15) is 14.9 Å². The molecule has 0 fully saturated rings. The van der Waals surface area contributed by atoms with Crippen LogP contribution in [0.25, 0.3) is 0 Å². The van der Waals surface area contributed by atoms with Crippen molar-refractivity contribution in [2.75, 3.05) is 12.3 Å². The molecule has 2 N–H and O–H groups in total. The second kappa shape index (κ2) is 5.49. The largest absolute Gasteiger partial charge is 0.466 e. The maximum absolute atomic E-state index is 11.3. The number of benzene rings is 1. The molecule has 0 heterocycles. The van der Waals surface area contributed by atoms with E-state index in [1.165, 1.54) is 6.07 Å². The summed E-state index contributed by atoms with van der Waals surface area (Å²) < 4.78 is 4.72. The molecule has 0 radical (unpaired) electrons. The van der Waals surface area contributed by atoms with E-state index >= 15 is 0 Å². The lowest BCUT2D eigenvalue weighted by molar-refractivity contribution is -0.385. The summed E-state index contributed by atoms with van der Waals surface area (Å²) in [5.74, 6) is -0.544. The highest BCUT2D eigenvalue weighted by molar-refractivity contribution is 6.33. The molecule has 0 aliphatic carbocycles. The van der Waals surface area contributed by atoms with Gasteiger partial charge in [0.2, 0.25) is 0 Å². The van der Waals surface area contributed by atoms with E-state index in [0.29, 0.717) is 0 Å². The van der Waals surface area contributed by atoms with Gasteiger partial charge in [-0.15, -0.1) is 0 Å². The molecule has 0 bridgehead atoms. The fraction of sp³-hybridized carbons (Fsp3) is 0.300. The van der Waals surface area contributed by atoms with Crippen LogP contribution in [0.5, 0.6) is 0 Å². The molecule has 0 atom stereocenters. The number of carbonyl (C=O) groups excluding carboxylic acids is 1. The van der Waals surface area contributed by atoms with Crippen molar-refractivity contribution in [3.63, 3.8) is 0 Å². The summed E-state index contributed by atoms with van der Waals surface area (Å²) >= 11 is 5.68. The van der Waals surface area contributed by atoms with E-state index in [1.807, 2.05) is 0 Å². The van der Waals surface area contributed by atoms with Crippen LogP contribution in [0.1, 0.15) is 12.5 Å². The average Bonchev–Trinajstić information content (AvgIpc) is 2.23. The van der Waals surface area contributed by atoms with Crippen LogP contribution in [0.15, 0.2) is 12.1 Å². The summed E-state index contributed by atoms with van der Waals surface area (Å²) in [5.41, 5.74) is 5.68. The normalized spacial score (nSPS) is 10.0. The molecule has 0 unspecified atom stereocenters. The Morgan fingerprint density at radius 1 is 1.59 bits per heavy atom. The summed E-state index contributed by atoms with van der Waals surface area (Å²) in [4.78, 5) is 21.4. The number of carbonyl (C=O) groups is 1. The van der Waals surface area contributed by atoms with Gasteiger partial charge in [0.25, 0.3) is 5.69 Å². The Balaban J connectivity index is 3.08. The summed E-state index contributed by atoms with van der Waals surface area (Å²) in [5, 5.41) is 10.9. The van der Waals surface area contributed by atoms with Crippen molar-refractivity contribution in [2.24, 2.45) is 0 Å². The predicted octanol–water partition coefficient (Wildman–Crippen LogP) is 1.94. The Labute approximate surface area is 102 Å². The molecule has 1 aromatic rings. The Bertz CT molecular complexity index is 462. The van der Waals surface area contributed by atoms with Gasteiger partial charge >= 0.3 is 5.97 Å². The zero-order valence-corrected chi connectivity index (χ0v) is 9.86. The van der Waals surface area contributed by atoms with Gasteiger partial charge < -0.3 is 10.5 Å². The van der Waals surface area contributed by atoms with Crippen LogP contribution in [0.2, 0.25) is 5.02 Å². The molecule has 7 heteroatoms. The van der Waals surface area contributed by atoms with Crippen molar-refractivity contribution >= 4 is 28.9 Å². The van der Waals surface area contributed by atoms with Crippen LogP contribution in [0, 0.1) is 10.1 Å². The second-order valence-corrected chi connectivity index (χ2v) is 3.65. The molecule has 0 spiro atoms. The monoisotopic (exact) mass is 258 g/mol. The van der Waals surface area contributed by atoms with Crippen LogP contribution < -0.4 is 5.73 Å². The zero-order valence-electron chi connectivity index (χ0n) is 9.10. The summed E-state index contributed by atoms with van der Waals surface area (Å²) in [7, 11) is 0. The molecule has 92 valence electrons. The molecule has 0 saturated heterocycles. The highest BCUT2D eigenvalue weighted by Gasteiger charge is 2.19. The lowest BCUT2D eigenvalue weighted by Crippen LogP contribution is -2.09. The van der Waals surface area contributed by atoms with Crippen LogP contribution in [-0.4, -0.2) is 17.5 Å². The SMILES string of the molecule is CCOC(=O)Cc1cc(N)c(Cl)cc1[N+](=O)[O-]. The van der Waals surface area contributed by atoms with Crippen molar-refractivity contribution in [1.29, 1.82) is 0 Å². The third-order valence-corrected chi connectivity index (χ3v) is 2.36. The van der Waals surface area contributed by atoms with Gasteiger partial charge in [-0.25, -0.2) is 0 Å². The number of nitrogens with zero attached hydrogens (tertiary/aromatic N) is 1. The minimum absolute atomic E-state index is 0.0873. The number of nitrogens with two attached hydrogens (primary N) is 1. The van der Waals surface area contributed by atoms with E-state index in [0.717, 1.165) is 6.07 Å². The highest BCUT2D eigenvalue weighted by Crippen LogP contribution is 2.29. The molecule has 0 amide bonds. The zero-order chi connectivity index (χ0) is 13.0. The Morgan fingerprint density at radius 3 is 2.76 bits per heavy atom. The minimum atomic E-state index is -0.611. The molecule has 0 saturated carbocycles. The number of halogens is 1. The van der Waals surface area contributed by atoms with E-state index < -0.39 is 10.9 Å². The van der Waals surface area contributed by atoms with Gasteiger partial charge in [-0.1, -0.05) is 11.6 Å². The number of esters is 1. The summed E-state index contributed by atoms with van der Waals surface area (Å²) in [6, 6.07) is 2.45. The van der Waals surface area contributed by atoms with Gasteiger partial charge in [0.15, 0.2) is 0 Å². The van der Waals surface area contributed by atoms with Crippen molar-refractivity contribution in [1.82, 2.24) is 0 Å². The van der Waals surface area contributed by atoms with Gasteiger partial charge in [0.05, 0.1) is 28.7 Å². The van der Waals surface area contributed by atoms with E-state index in [4.69, 9.17) is 22.1 Å². The smallest absolute Gasteiger partial charge is 0.310 e. The lowest BCUT2D eigenvalue weighted by Gasteiger charge is -2.05. The third kappa shape index (κ3) is 3.32. The summed E-state index contributed by atoms with van der Waals surface area (Å²) in [6.07, 6.45) is -0.203. The molecular formula is C10H11ClN2O4. The quantitative estimate of drug-likeness (QED) is 0.385. The number of anilines is 1. The van der Waals surface area contributed by atoms with Crippen LogP contribution >= 0.6 is 11.6 Å². The van der Waals surface area contributed by atoms with Crippen LogP contribution in [0.4, 0.5) is 11.4 Å². The molecule has 1 aromatic carbocycles. The number of nitrogen functional groups attached to an aromatic ring is 1. The Kier molecular flexibility index (Phi) is 4.28. The first-order valence-corrected chi connectivity index (χ1v) is 5.21. The highest BCUT2D eigenvalue weighted by atomic mass is 35.5. The number of hydrogen-bond acceptors (Lipinski definition) is 5. The van der Waals surface area contributed by atoms with E-state index in [1.54, 1.807) is 6.92 Å². The van der Waals surface area contributed by atoms with Gasteiger partial charge in [-0.2, -0.15) is 0 Å². The first-order valence-electron chi connectivity index (χ1n) is 4.83. The predicted molar refractivity (Wildman–Crippen MR) is 62.9 cm³/mol. The molecular weight excluding hydrogens is 248 g/mol. The number of nitro groups is 1. The topological polar surface area (TPSA) is 95.5 Å². The number of rotatable bonds is 4. The van der Waals surface area contributed by atoms with E-state index in [2.05, 4.69) is 0 Å². The maximum Gasteiger partial charge on any atom is 0.310 e. The molecule has 17 heavy (non-hydrogen) atoms. The Hall–Kier alpha value is -1.82. The van der Waals surface area contributed by atoms with Crippen molar-refractivity contribution in [3.8, 4) is 0 Å². The van der Waals surface area contributed by atoms with Crippen LogP contribution in [0.3, 0.4) is 0 Å².